The highest BCUT2D eigenvalue weighted by Gasteiger charge is 2.35. The zero-order valence-corrected chi connectivity index (χ0v) is 17.9. The van der Waals surface area contributed by atoms with Crippen molar-refractivity contribution in [3.63, 3.8) is 0 Å². The third-order valence-electron chi connectivity index (χ3n) is 6.18. The smallest absolute Gasteiger partial charge is 0.255 e. The Morgan fingerprint density at radius 2 is 1.85 bits per heavy atom. The van der Waals surface area contributed by atoms with Crippen molar-refractivity contribution in [1.82, 2.24) is 20.2 Å². The molecule has 166 valence electrons. The zero-order chi connectivity index (χ0) is 23.1. The molecule has 0 saturated carbocycles. The summed E-state index contributed by atoms with van der Waals surface area (Å²) in [6, 6.07) is 13.1. The molecule has 33 heavy (non-hydrogen) atoms. The molecule has 0 unspecified atom stereocenters. The third kappa shape index (κ3) is 3.59. The molecule has 0 radical (unpaired) electrons. The predicted octanol–water partition coefficient (Wildman–Crippen LogP) is 3.12. The highest BCUT2D eigenvalue weighted by molar-refractivity contribution is 6.00. The molecular weight excluding hydrogens is 421 g/mol. The second-order valence-electron chi connectivity index (χ2n) is 8.18. The molecule has 0 fully saturated rings. The van der Waals surface area contributed by atoms with E-state index in [1.807, 2.05) is 31.3 Å². The van der Waals surface area contributed by atoms with E-state index in [9.17, 15) is 9.59 Å². The van der Waals surface area contributed by atoms with E-state index in [1.165, 1.54) is 18.5 Å². The maximum Gasteiger partial charge on any atom is 0.255 e. The van der Waals surface area contributed by atoms with Gasteiger partial charge in [0.15, 0.2) is 0 Å². The first kappa shape index (κ1) is 20.7. The summed E-state index contributed by atoms with van der Waals surface area (Å²) in [5, 5.41) is 6.29. The first-order valence-corrected chi connectivity index (χ1v) is 10.6. The van der Waals surface area contributed by atoms with Crippen LogP contribution in [-0.2, 0) is 13.5 Å². The Balaban J connectivity index is 1.43. The van der Waals surface area contributed by atoms with E-state index in [0.29, 0.717) is 23.0 Å². The minimum atomic E-state index is -0.565. The van der Waals surface area contributed by atoms with Crippen molar-refractivity contribution in [3.05, 3.63) is 95.2 Å². The Kier molecular flexibility index (Phi) is 5.05. The molecular formula is C25H22FN5O2. The van der Waals surface area contributed by atoms with Gasteiger partial charge in [-0.2, -0.15) is 0 Å². The fourth-order valence-electron chi connectivity index (χ4n) is 4.46. The lowest BCUT2D eigenvalue weighted by molar-refractivity contribution is 0.0886. The van der Waals surface area contributed by atoms with Gasteiger partial charge in [0, 0.05) is 36.7 Å². The fourth-order valence-corrected chi connectivity index (χ4v) is 4.46. The lowest BCUT2D eigenvalue weighted by Crippen LogP contribution is -2.44. The molecule has 0 aliphatic heterocycles. The molecule has 1 aliphatic rings. The number of hydrogen-bond acceptors (Lipinski definition) is 4. The van der Waals surface area contributed by atoms with Crippen LogP contribution >= 0.6 is 0 Å². The Hall–Kier alpha value is -4.20. The number of benzene rings is 2. The molecule has 0 saturated heterocycles. The molecule has 2 aromatic carbocycles. The third-order valence-corrected chi connectivity index (χ3v) is 6.18. The number of nitrogens with one attached hydrogen (secondary N) is 2. The average molecular weight is 443 g/mol. The van der Waals surface area contributed by atoms with Crippen LogP contribution in [0.5, 0.6) is 0 Å². The number of nitrogens with two attached hydrogens (primary N) is 1. The van der Waals surface area contributed by atoms with Gasteiger partial charge in [0.2, 0.25) is 0 Å². The summed E-state index contributed by atoms with van der Waals surface area (Å²) in [5.74, 6) is -1.49. The first-order valence-electron chi connectivity index (χ1n) is 10.6. The van der Waals surface area contributed by atoms with Crippen LogP contribution in [0.2, 0.25) is 0 Å². The number of nitrogens with zero attached hydrogens (tertiary/aromatic N) is 2. The van der Waals surface area contributed by atoms with Crippen molar-refractivity contribution in [3.8, 4) is 0 Å². The Bertz CT molecular complexity index is 1400. The monoisotopic (exact) mass is 443 g/mol. The fraction of sp³-hybridized carbons (Fsp3) is 0.160. The van der Waals surface area contributed by atoms with Gasteiger partial charge in [-0.05, 0) is 41.8 Å². The van der Waals surface area contributed by atoms with Crippen LogP contribution < -0.4 is 16.4 Å². The van der Waals surface area contributed by atoms with Crippen LogP contribution in [0, 0.1) is 5.82 Å². The van der Waals surface area contributed by atoms with Crippen molar-refractivity contribution >= 4 is 28.4 Å². The molecule has 1 aliphatic carbocycles. The van der Waals surface area contributed by atoms with E-state index >= 15 is 4.39 Å². The molecule has 7 nitrogen and oxygen atoms in total. The van der Waals surface area contributed by atoms with Gasteiger partial charge < -0.3 is 20.9 Å². The number of carbonyl (C=O) groups is 2. The van der Waals surface area contributed by atoms with Gasteiger partial charge in [0.1, 0.15) is 5.82 Å². The quantitative estimate of drug-likeness (QED) is 0.451. The van der Waals surface area contributed by atoms with Crippen molar-refractivity contribution < 1.29 is 14.0 Å². The molecule has 5 rings (SSSR count). The average Bonchev–Trinajstić information content (AvgIpc) is 3.35. The number of aryl methyl sites for hydroxylation is 1. The van der Waals surface area contributed by atoms with Gasteiger partial charge in [0.05, 0.1) is 28.7 Å². The summed E-state index contributed by atoms with van der Waals surface area (Å²) < 4.78 is 16.9. The number of carbonyl (C=O) groups excluding carboxylic acids is 2. The minimum Gasteiger partial charge on any atom is -0.398 e. The number of fused-ring (bicyclic) bond motifs is 2. The summed E-state index contributed by atoms with van der Waals surface area (Å²) >= 11 is 0. The SMILES string of the molecule is Cn1ccc2c(F)c(C(=O)N[C@H]3Cc4ccccc4[C@@H]3NC(=O)c3cnccc3N)ccc21. The number of pyridine rings is 1. The lowest BCUT2D eigenvalue weighted by atomic mass is 10.0. The summed E-state index contributed by atoms with van der Waals surface area (Å²) in [6.07, 6.45) is 5.17. The second-order valence-corrected chi connectivity index (χ2v) is 8.18. The molecule has 2 atom stereocenters. The van der Waals surface area contributed by atoms with Crippen molar-refractivity contribution in [1.29, 1.82) is 0 Å². The highest BCUT2D eigenvalue weighted by Crippen LogP contribution is 2.32. The Morgan fingerprint density at radius 1 is 1.06 bits per heavy atom. The number of amides is 2. The van der Waals surface area contributed by atoms with E-state index in [0.717, 1.165) is 11.1 Å². The van der Waals surface area contributed by atoms with Gasteiger partial charge in [-0.1, -0.05) is 24.3 Å². The topological polar surface area (TPSA) is 102 Å². The number of halogens is 1. The van der Waals surface area contributed by atoms with Crippen molar-refractivity contribution in [2.45, 2.75) is 18.5 Å². The van der Waals surface area contributed by atoms with Crippen molar-refractivity contribution in [2.75, 3.05) is 5.73 Å². The van der Waals surface area contributed by atoms with Crippen LogP contribution in [-0.4, -0.2) is 27.4 Å². The molecule has 2 heterocycles. The molecule has 4 N–H and O–H groups in total. The van der Waals surface area contributed by atoms with E-state index in [2.05, 4.69) is 15.6 Å². The van der Waals surface area contributed by atoms with Crippen LogP contribution in [0.3, 0.4) is 0 Å². The van der Waals surface area contributed by atoms with Gasteiger partial charge in [0.25, 0.3) is 11.8 Å². The molecule has 0 spiro atoms. The standard InChI is InChI=1S/C25H22FN5O2/c1-31-11-9-16-21(31)7-6-17(22(16)26)24(32)29-20-12-14-4-2-3-5-15(14)23(20)30-25(33)18-13-28-10-8-19(18)27/h2-11,13,20,23H,12H2,1H3,(H2,27,28)(H,29,32)(H,30,33)/t20-,23-/m0/s1. The maximum atomic E-state index is 15.1. The molecule has 0 bridgehead atoms. The van der Waals surface area contributed by atoms with Crippen LogP contribution in [0.4, 0.5) is 10.1 Å². The summed E-state index contributed by atoms with van der Waals surface area (Å²) in [4.78, 5) is 30.0. The summed E-state index contributed by atoms with van der Waals surface area (Å²) in [7, 11) is 1.82. The number of rotatable bonds is 4. The predicted molar refractivity (Wildman–Crippen MR) is 123 cm³/mol. The Morgan fingerprint density at radius 3 is 2.67 bits per heavy atom. The molecule has 2 aromatic heterocycles. The van der Waals surface area contributed by atoms with E-state index in [1.54, 1.807) is 29.0 Å². The summed E-state index contributed by atoms with van der Waals surface area (Å²) in [6.45, 7) is 0. The van der Waals surface area contributed by atoms with Crippen LogP contribution in [0.25, 0.3) is 10.9 Å². The van der Waals surface area contributed by atoms with E-state index in [4.69, 9.17) is 5.73 Å². The minimum absolute atomic E-state index is 0.0359. The molecule has 4 aromatic rings. The summed E-state index contributed by atoms with van der Waals surface area (Å²) in [5.41, 5.74) is 9.08. The van der Waals surface area contributed by atoms with Gasteiger partial charge in [-0.25, -0.2) is 4.39 Å². The highest BCUT2D eigenvalue weighted by atomic mass is 19.1. The lowest BCUT2D eigenvalue weighted by Gasteiger charge is -2.23. The maximum absolute atomic E-state index is 15.1. The number of nitrogen functional groups attached to an aromatic ring is 1. The first-order chi connectivity index (χ1) is 15.9. The van der Waals surface area contributed by atoms with E-state index < -0.39 is 29.7 Å². The largest absolute Gasteiger partial charge is 0.398 e. The zero-order valence-electron chi connectivity index (χ0n) is 17.9. The number of hydrogen-bond donors (Lipinski definition) is 3. The van der Waals surface area contributed by atoms with Gasteiger partial charge >= 0.3 is 0 Å². The second kappa shape index (κ2) is 8.05. The molecule has 8 heteroatoms. The number of anilines is 1. The molecule has 2 amide bonds. The Labute approximate surface area is 189 Å². The van der Waals surface area contributed by atoms with E-state index in [-0.39, 0.29) is 11.1 Å². The van der Waals surface area contributed by atoms with Crippen LogP contribution in [0.1, 0.15) is 37.9 Å². The normalized spacial score (nSPS) is 17.0. The van der Waals surface area contributed by atoms with Crippen LogP contribution in [0.15, 0.2) is 67.1 Å². The van der Waals surface area contributed by atoms with Crippen molar-refractivity contribution in [2.24, 2.45) is 7.05 Å². The van der Waals surface area contributed by atoms with Gasteiger partial charge in [-0.3, -0.25) is 14.6 Å². The van der Waals surface area contributed by atoms with Gasteiger partial charge in [-0.15, -0.1) is 0 Å². The number of aromatic nitrogens is 2.